The number of rotatable bonds is 4. The van der Waals surface area contributed by atoms with Gasteiger partial charge in [-0.3, -0.25) is 4.79 Å². The molecule has 0 aromatic heterocycles. The lowest BCUT2D eigenvalue weighted by Crippen LogP contribution is -2.35. The van der Waals surface area contributed by atoms with E-state index >= 15 is 0 Å². The maximum atomic E-state index is 12.2. The quantitative estimate of drug-likeness (QED) is 0.836. The SMILES string of the molecule is CC(C)C(=O)N(Cc1ccc2c(c1)OCO2)C1CC1. The number of fused-ring (bicyclic) bond motifs is 1. The Bertz CT molecular complexity index is 494. The minimum Gasteiger partial charge on any atom is -0.454 e. The number of benzene rings is 1. The van der Waals surface area contributed by atoms with Gasteiger partial charge in [0.25, 0.3) is 0 Å². The van der Waals surface area contributed by atoms with Crippen LogP contribution in [0.15, 0.2) is 18.2 Å². The molecule has 0 unspecified atom stereocenters. The molecule has 102 valence electrons. The predicted molar refractivity (Wildman–Crippen MR) is 71.0 cm³/mol. The van der Waals surface area contributed by atoms with Crippen molar-refractivity contribution in [2.75, 3.05) is 6.79 Å². The van der Waals surface area contributed by atoms with Gasteiger partial charge in [-0.25, -0.2) is 0 Å². The van der Waals surface area contributed by atoms with Gasteiger partial charge in [0.05, 0.1) is 0 Å². The fraction of sp³-hybridized carbons (Fsp3) is 0.533. The molecule has 1 amide bonds. The van der Waals surface area contributed by atoms with E-state index in [1.165, 1.54) is 0 Å². The van der Waals surface area contributed by atoms with E-state index in [1.54, 1.807) is 0 Å². The minimum absolute atomic E-state index is 0.0506. The maximum Gasteiger partial charge on any atom is 0.231 e. The lowest BCUT2D eigenvalue weighted by molar-refractivity contribution is -0.135. The highest BCUT2D eigenvalue weighted by Gasteiger charge is 2.33. The van der Waals surface area contributed by atoms with Crippen LogP contribution in [0.25, 0.3) is 0 Å². The average Bonchev–Trinajstić information content (AvgIpc) is 3.12. The number of amides is 1. The lowest BCUT2D eigenvalue weighted by Gasteiger charge is -2.24. The van der Waals surface area contributed by atoms with Gasteiger partial charge in [0.2, 0.25) is 12.7 Å². The second kappa shape index (κ2) is 4.76. The zero-order valence-electron chi connectivity index (χ0n) is 11.4. The third-order valence-electron chi connectivity index (χ3n) is 3.55. The van der Waals surface area contributed by atoms with Crippen LogP contribution in [0, 0.1) is 5.92 Å². The molecule has 0 bridgehead atoms. The summed E-state index contributed by atoms with van der Waals surface area (Å²) in [4.78, 5) is 14.2. The Labute approximate surface area is 113 Å². The van der Waals surface area contributed by atoms with Crippen LogP contribution in [0.3, 0.4) is 0 Å². The molecule has 3 rings (SSSR count). The van der Waals surface area contributed by atoms with Gasteiger partial charge in [0.1, 0.15) is 0 Å². The van der Waals surface area contributed by atoms with E-state index in [4.69, 9.17) is 9.47 Å². The van der Waals surface area contributed by atoms with E-state index in [0.717, 1.165) is 29.9 Å². The first-order valence-corrected chi connectivity index (χ1v) is 6.84. The molecule has 0 atom stereocenters. The number of hydrogen-bond donors (Lipinski definition) is 0. The highest BCUT2D eigenvalue weighted by Crippen LogP contribution is 2.34. The molecule has 0 radical (unpaired) electrons. The third-order valence-corrected chi connectivity index (χ3v) is 3.55. The number of ether oxygens (including phenoxy) is 2. The summed E-state index contributed by atoms with van der Waals surface area (Å²) in [6.07, 6.45) is 2.26. The Morgan fingerprint density at radius 1 is 1.32 bits per heavy atom. The van der Waals surface area contributed by atoms with E-state index in [2.05, 4.69) is 0 Å². The van der Waals surface area contributed by atoms with Crippen LogP contribution in [0.5, 0.6) is 11.5 Å². The molecule has 4 nitrogen and oxygen atoms in total. The van der Waals surface area contributed by atoms with E-state index in [9.17, 15) is 4.79 Å². The first-order valence-electron chi connectivity index (χ1n) is 6.84. The van der Waals surface area contributed by atoms with Crippen molar-refractivity contribution < 1.29 is 14.3 Å². The van der Waals surface area contributed by atoms with Gasteiger partial charge in [-0.1, -0.05) is 19.9 Å². The summed E-state index contributed by atoms with van der Waals surface area (Å²) in [6.45, 7) is 4.86. The molecule has 1 aromatic rings. The van der Waals surface area contributed by atoms with Gasteiger partial charge in [-0.15, -0.1) is 0 Å². The van der Waals surface area contributed by atoms with Gasteiger partial charge in [0.15, 0.2) is 11.5 Å². The molecule has 1 aromatic carbocycles. The van der Waals surface area contributed by atoms with Crippen LogP contribution in [0.1, 0.15) is 32.3 Å². The highest BCUT2D eigenvalue weighted by molar-refractivity contribution is 5.78. The Kier molecular flexibility index (Phi) is 3.09. The monoisotopic (exact) mass is 261 g/mol. The van der Waals surface area contributed by atoms with Crippen molar-refractivity contribution >= 4 is 5.91 Å². The van der Waals surface area contributed by atoms with Crippen LogP contribution in [-0.2, 0) is 11.3 Å². The molecule has 1 aliphatic carbocycles. The van der Waals surface area contributed by atoms with Gasteiger partial charge in [-0.2, -0.15) is 0 Å². The van der Waals surface area contributed by atoms with Crippen LogP contribution < -0.4 is 9.47 Å². The summed E-state index contributed by atoms with van der Waals surface area (Å²) in [7, 11) is 0. The van der Waals surface area contributed by atoms with Crippen molar-refractivity contribution in [1.29, 1.82) is 0 Å². The standard InChI is InChI=1S/C15H19NO3/c1-10(2)15(17)16(12-4-5-12)8-11-3-6-13-14(7-11)19-9-18-13/h3,6-7,10,12H,4-5,8-9H2,1-2H3. The molecule has 0 N–H and O–H groups in total. The molecule has 0 spiro atoms. The Hall–Kier alpha value is -1.71. The van der Waals surface area contributed by atoms with Crippen molar-refractivity contribution in [3.05, 3.63) is 23.8 Å². The summed E-state index contributed by atoms with van der Waals surface area (Å²) >= 11 is 0. The first-order chi connectivity index (χ1) is 9.15. The second-order valence-corrected chi connectivity index (χ2v) is 5.54. The van der Waals surface area contributed by atoms with Crippen molar-refractivity contribution in [3.63, 3.8) is 0 Å². The van der Waals surface area contributed by atoms with Crippen LogP contribution in [-0.4, -0.2) is 23.6 Å². The summed E-state index contributed by atoms with van der Waals surface area (Å²) in [5, 5.41) is 0. The summed E-state index contributed by atoms with van der Waals surface area (Å²) in [5.74, 6) is 1.86. The molecule has 1 heterocycles. The van der Waals surface area contributed by atoms with Gasteiger partial charge >= 0.3 is 0 Å². The smallest absolute Gasteiger partial charge is 0.231 e. The number of carbonyl (C=O) groups is 1. The number of carbonyl (C=O) groups excluding carboxylic acids is 1. The molecular weight excluding hydrogens is 242 g/mol. The maximum absolute atomic E-state index is 12.2. The molecule has 1 aliphatic heterocycles. The van der Waals surface area contributed by atoms with Gasteiger partial charge in [0, 0.05) is 18.5 Å². The molecule has 2 aliphatic rings. The molecule has 19 heavy (non-hydrogen) atoms. The Morgan fingerprint density at radius 2 is 2.05 bits per heavy atom. The van der Waals surface area contributed by atoms with Crippen molar-refractivity contribution in [1.82, 2.24) is 4.90 Å². The number of nitrogens with zero attached hydrogens (tertiary/aromatic N) is 1. The molecule has 0 saturated heterocycles. The van der Waals surface area contributed by atoms with Crippen molar-refractivity contribution in [2.45, 2.75) is 39.3 Å². The highest BCUT2D eigenvalue weighted by atomic mass is 16.7. The average molecular weight is 261 g/mol. The van der Waals surface area contributed by atoms with Crippen molar-refractivity contribution in [2.24, 2.45) is 5.92 Å². The first kappa shape index (κ1) is 12.3. The van der Waals surface area contributed by atoms with E-state index < -0.39 is 0 Å². The summed E-state index contributed by atoms with van der Waals surface area (Å²) in [6, 6.07) is 6.34. The van der Waals surface area contributed by atoms with Crippen LogP contribution in [0.4, 0.5) is 0 Å². The summed E-state index contributed by atoms with van der Waals surface area (Å²) < 4.78 is 10.7. The fourth-order valence-corrected chi connectivity index (χ4v) is 2.34. The van der Waals surface area contributed by atoms with Crippen molar-refractivity contribution in [3.8, 4) is 11.5 Å². The largest absolute Gasteiger partial charge is 0.454 e. The molecule has 1 saturated carbocycles. The fourth-order valence-electron chi connectivity index (χ4n) is 2.34. The lowest BCUT2D eigenvalue weighted by atomic mass is 10.1. The Balaban J connectivity index is 1.76. The Morgan fingerprint density at radius 3 is 2.74 bits per heavy atom. The predicted octanol–water partition coefficient (Wildman–Crippen LogP) is 2.56. The molecule has 4 heteroatoms. The topological polar surface area (TPSA) is 38.8 Å². The van der Waals surface area contributed by atoms with E-state index in [-0.39, 0.29) is 18.6 Å². The summed E-state index contributed by atoms with van der Waals surface area (Å²) in [5.41, 5.74) is 1.10. The minimum atomic E-state index is 0.0506. The van der Waals surface area contributed by atoms with Crippen LogP contribution >= 0.6 is 0 Å². The van der Waals surface area contributed by atoms with Gasteiger partial charge < -0.3 is 14.4 Å². The zero-order valence-corrected chi connectivity index (χ0v) is 11.4. The van der Waals surface area contributed by atoms with E-state index in [1.807, 2.05) is 36.9 Å². The molecule has 1 fully saturated rings. The zero-order chi connectivity index (χ0) is 13.4. The van der Waals surface area contributed by atoms with E-state index in [0.29, 0.717) is 12.6 Å². The third kappa shape index (κ3) is 2.53. The van der Waals surface area contributed by atoms with Crippen LogP contribution in [0.2, 0.25) is 0 Å². The molecular formula is C15H19NO3. The second-order valence-electron chi connectivity index (χ2n) is 5.54. The normalized spacial score (nSPS) is 16.8. The van der Waals surface area contributed by atoms with Gasteiger partial charge in [-0.05, 0) is 30.5 Å². The number of hydrogen-bond acceptors (Lipinski definition) is 3.